The molecule has 0 aliphatic carbocycles. The highest BCUT2D eigenvalue weighted by molar-refractivity contribution is 5.91. The first-order valence-electron chi connectivity index (χ1n) is 9.77. The molecular weight excluding hydrogens is 370 g/mol. The Morgan fingerprint density at radius 1 is 1.21 bits per heavy atom. The third-order valence-electron chi connectivity index (χ3n) is 5.13. The molecule has 1 N–H and O–H groups in total. The monoisotopic (exact) mass is 395 g/mol. The number of piperidine rings is 1. The van der Waals surface area contributed by atoms with Crippen LogP contribution in [0.25, 0.3) is 5.65 Å². The molecule has 1 aliphatic rings. The molecule has 4 rings (SSSR count). The SMILES string of the molecule is COc1ccccc1NC(=O)N1CCC(COc2ccc3nc(C)cn3n2)CC1. The van der Waals surface area contributed by atoms with Crippen LogP contribution in [0.15, 0.2) is 42.6 Å². The molecule has 3 heterocycles. The summed E-state index contributed by atoms with van der Waals surface area (Å²) in [7, 11) is 1.59. The van der Waals surface area contributed by atoms with Crippen LogP contribution in [0, 0.1) is 12.8 Å². The van der Waals surface area contributed by atoms with Gasteiger partial charge in [0.05, 0.1) is 31.3 Å². The number of hydrogen-bond donors (Lipinski definition) is 1. The van der Waals surface area contributed by atoms with Crippen LogP contribution in [0.3, 0.4) is 0 Å². The fraction of sp³-hybridized carbons (Fsp3) is 0.381. The van der Waals surface area contributed by atoms with E-state index in [4.69, 9.17) is 9.47 Å². The lowest BCUT2D eigenvalue weighted by Gasteiger charge is -2.31. The van der Waals surface area contributed by atoms with Crippen LogP contribution in [0.1, 0.15) is 18.5 Å². The number of fused-ring (bicyclic) bond motifs is 1. The highest BCUT2D eigenvalue weighted by atomic mass is 16.5. The van der Waals surface area contributed by atoms with Crippen molar-refractivity contribution in [1.82, 2.24) is 19.5 Å². The first-order valence-corrected chi connectivity index (χ1v) is 9.77. The number of nitrogens with one attached hydrogen (secondary N) is 1. The maximum Gasteiger partial charge on any atom is 0.321 e. The molecule has 0 radical (unpaired) electrons. The van der Waals surface area contributed by atoms with Crippen molar-refractivity contribution < 1.29 is 14.3 Å². The molecule has 8 heteroatoms. The number of anilines is 1. The van der Waals surface area contributed by atoms with Crippen molar-refractivity contribution in [1.29, 1.82) is 0 Å². The van der Waals surface area contributed by atoms with E-state index in [0.717, 1.165) is 24.2 Å². The Balaban J connectivity index is 1.27. The summed E-state index contributed by atoms with van der Waals surface area (Å²) in [6, 6.07) is 11.1. The van der Waals surface area contributed by atoms with Gasteiger partial charge in [-0.25, -0.2) is 14.3 Å². The van der Waals surface area contributed by atoms with Gasteiger partial charge in [-0.15, -0.1) is 5.10 Å². The zero-order valence-electron chi connectivity index (χ0n) is 16.7. The molecule has 29 heavy (non-hydrogen) atoms. The molecule has 1 fully saturated rings. The van der Waals surface area contributed by atoms with Gasteiger partial charge >= 0.3 is 6.03 Å². The predicted octanol–water partition coefficient (Wildman–Crippen LogP) is 3.37. The van der Waals surface area contributed by atoms with Crippen LogP contribution >= 0.6 is 0 Å². The number of amides is 2. The summed E-state index contributed by atoms with van der Waals surface area (Å²) < 4.78 is 12.9. The van der Waals surface area contributed by atoms with Crippen LogP contribution in [-0.4, -0.2) is 52.3 Å². The third-order valence-corrected chi connectivity index (χ3v) is 5.13. The van der Waals surface area contributed by atoms with Crippen molar-refractivity contribution >= 4 is 17.4 Å². The normalized spacial score (nSPS) is 14.8. The molecule has 0 atom stereocenters. The average molecular weight is 395 g/mol. The van der Waals surface area contributed by atoms with E-state index in [2.05, 4.69) is 15.4 Å². The third kappa shape index (κ3) is 4.42. The van der Waals surface area contributed by atoms with Gasteiger partial charge in [0.15, 0.2) is 5.65 Å². The Bertz CT molecular complexity index is 995. The molecule has 2 aromatic heterocycles. The first-order chi connectivity index (χ1) is 14.1. The van der Waals surface area contributed by atoms with Gasteiger partial charge in [0.2, 0.25) is 5.88 Å². The summed E-state index contributed by atoms with van der Waals surface area (Å²) in [6.45, 7) is 3.92. The molecule has 0 saturated carbocycles. The molecule has 0 unspecified atom stereocenters. The van der Waals surface area contributed by atoms with Crippen LogP contribution < -0.4 is 14.8 Å². The van der Waals surface area contributed by atoms with Crippen molar-refractivity contribution in [2.75, 3.05) is 32.1 Å². The van der Waals surface area contributed by atoms with Gasteiger partial charge in [0, 0.05) is 19.2 Å². The minimum atomic E-state index is -0.100. The summed E-state index contributed by atoms with van der Waals surface area (Å²) in [5, 5.41) is 7.37. The van der Waals surface area contributed by atoms with Crippen LogP contribution in [0.4, 0.5) is 10.5 Å². The summed E-state index contributed by atoms with van der Waals surface area (Å²) >= 11 is 0. The fourth-order valence-electron chi connectivity index (χ4n) is 3.51. The lowest BCUT2D eigenvalue weighted by molar-refractivity contribution is 0.150. The van der Waals surface area contributed by atoms with E-state index in [1.807, 2.05) is 54.4 Å². The largest absolute Gasteiger partial charge is 0.495 e. The van der Waals surface area contributed by atoms with Crippen LogP contribution in [0.2, 0.25) is 0 Å². The molecule has 1 aliphatic heterocycles. The molecule has 2 amide bonds. The molecule has 8 nitrogen and oxygen atoms in total. The number of aromatic nitrogens is 3. The minimum Gasteiger partial charge on any atom is -0.495 e. The number of imidazole rings is 1. The zero-order chi connectivity index (χ0) is 20.2. The lowest BCUT2D eigenvalue weighted by atomic mass is 9.98. The van der Waals surface area contributed by atoms with Crippen molar-refractivity contribution in [2.45, 2.75) is 19.8 Å². The molecule has 1 aromatic carbocycles. The highest BCUT2D eigenvalue weighted by Crippen LogP contribution is 2.25. The van der Waals surface area contributed by atoms with E-state index in [9.17, 15) is 4.79 Å². The predicted molar refractivity (Wildman–Crippen MR) is 110 cm³/mol. The van der Waals surface area contributed by atoms with E-state index < -0.39 is 0 Å². The zero-order valence-corrected chi connectivity index (χ0v) is 16.7. The quantitative estimate of drug-likeness (QED) is 0.716. The van der Waals surface area contributed by atoms with Crippen molar-refractivity contribution in [3.8, 4) is 11.6 Å². The number of para-hydroxylation sites is 2. The topological polar surface area (TPSA) is 81.0 Å². The molecule has 0 bridgehead atoms. The van der Waals surface area contributed by atoms with Gasteiger partial charge in [-0.05, 0) is 43.9 Å². The van der Waals surface area contributed by atoms with Crippen molar-refractivity contribution in [3.63, 3.8) is 0 Å². The fourth-order valence-corrected chi connectivity index (χ4v) is 3.51. The number of urea groups is 1. The van der Waals surface area contributed by atoms with Gasteiger partial charge in [-0.1, -0.05) is 12.1 Å². The van der Waals surface area contributed by atoms with E-state index in [0.29, 0.717) is 42.9 Å². The Labute approximate surface area is 169 Å². The Morgan fingerprint density at radius 3 is 2.79 bits per heavy atom. The van der Waals surface area contributed by atoms with E-state index >= 15 is 0 Å². The van der Waals surface area contributed by atoms with E-state index in [-0.39, 0.29) is 6.03 Å². The Hall–Kier alpha value is -3.29. The number of nitrogens with zero attached hydrogens (tertiary/aromatic N) is 4. The molecule has 3 aromatic rings. The molecule has 1 saturated heterocycles. The average Bonchev–Trinajstić information content (AvgIpc) is 3.12. The van der Waals surface area contributed by atoms with Gasteiger partial charge in [-0.3, -0.25) is 0 Å². The number of rotatable bonds is 5. The Kier molecular flexibility index (Phi) is 5.50. The van der Waals surface area contributed by atoms with Gasteiger partial charge in [0.1, 0.15) is 5.75 Å². The second kappa shape index (κ2) is 8.38. The molecule has 152 valence electrons. The number of hydrogen-bond acceptors (Lipinski definition) is 5. The van der Waals surface area contributed by atoms with Crippen molar-refractivity contribution in [3.05, 3.63) is 48.3 Å². The Morgan fingerprint density at radius 2 is 2.00 bits per heavy atom. The standard InChI is InChI=1S/C21H25N5O3/c1-15-13-26-19(22-15)7-8-20(24-26)29-14-16-9-11-25(12-10-16)21(27)23-17-5-3-4-6-18(17)28-2/h3-8,13,16H,9-12,14H2,1-2H3,(H,23,27). The number of carbonyl (C=O) groups excluding carboxylic acids is 1. The first kappa shape index (κ1) is 19.0. The minimum absolute atomic E-state index is 0.100. The van der Waals surface area contributed by atoms with Gasteiger partial charge in [-0.2, -0.15) is 0 Å². The lowest BCUT2D eigenvalue weighted by Crippen LogP contribution is -2.42. The summed E-state index contributed by atoms with van der Waals surface area (Å²) in [5.74, 6) is 1.64. The van der Waals surface area contributed by atoms with Gasteiger partial charge < -0.3 is 19.7 Å². The van der Waals surface area contributed by atoms with Crippen molar-refractivity contribution in [2.24, 2.45) is 5.92 Å². The van der Waals surface area contributed by atoms with E-state index in [1.165, 1.54) is 0 Å². The second-order valence-electron chi connectivity index (χ2n) is 7.23. The van der Waals surface area contributed by atoms with E-state index in [1.54, 1.807) is 11.6 Å². The number of methoxy groups -OCH3 is 1. The van der Waals surface area contributed by atoms with Crippen LogP contribution in [-0.2, 0) is 0 Å². The number of ether oxygens (including phenoxy) is 2. The summed E-state index contributed by atoms with van der Waals surface area (Å²) in [6.07, 6.45) is 3.67. The summed E-state index contributed by atoms with van der Waals surface area (Å²) in [5.41, 5.74) is 2.42. The number of aryl methyl sites for hydroxylation is 1. The maximum atomic E-state index is 12.6. The molecule has 0 spiro atoms. The van der Waals surface area contributed by atoms with Gasteiger partial charge in [0.25, 0.3) is 0 Å². The highest BCUT2D eigenvalue weighted by Gasteiger charge is 2.24. The number of carbonyl (C=O) groups is 1. The van der Waals surface area contributed by atoms with Crippen LogP contribution in [0.5, 0.6) is 11.6 Å². The number of benzene rings is 1. The smallest absolute Gasteiger partial charge is 0.321 e. The number of likely N-dealkylation sites (tertiary alicyclic amines) is 1. The molecular formula is C21H25N5O3. The summed E-state index contributed by atoms with van der Waals surface area (Å²) in [4.78, 5) is 18.8. The second-order valence-corrected chi connectivity index (χ2v) is 7.23. The maximum absolute atomic E-state index is 12.6.